The summed E-state index contributed by atoms with van der Waals surface area (Å²) in [6.45, 7) is 10.3. The highest BCUT2D eigenvalue weighted by Crippen LogP contribution is 2.28. The number of hydrogen-bond donors (Lipinski definition) is 3. The third-order valence-electron chi connectivity index (χ3n) is 4.12. The van der Waals surface area contributed by atoms with Crippen LogP contribution in [0, 0.1) is 5.41 Å². The molecular weight excluding hydrogens is 340 g/mol. The number of β-amino-alcohol motifs (C(OH)–C–C–N with tert-alkyl or cyclic N) is 1. The van der Waals surface area contributed by atoms with Crippen molar-refractivity contribution < 1.29 is 29.3 Å². The van der Waals surface area contributed by atoms with Gasteiger partial charge >= 0.3 is 0 Å². The standard InChI is InChI=1S/C18H34N2O6/c1-17(2,3)11-18(4,5)19-16(24)14-15(23)12(21)9-20(14)13(22)10-26-8-7-25-6/h12,14-15,21,23H,7-11H2,1-6H3,(H,19,24)/t12-,14?,15+/m0/s1. The zero-order valence-electron chi connectivity index (χ0n) is 16.7. The molecule has 1 heterocycles. The summed E-state index contributed by atoms with van der Waals surface area (Å²) in [5.74, 6) is -0.931. The highest BCUT2D eigenvalue weighted by atomic mass is 16.5. The maximum Gasteiger partial charge on any atom is 0.249 e. The molecule has 0 aliphatic carbocycles. The summed E-state index contributed by atoms with van der Waals surface area (Å²) in [5.41, 5.74) is -0.526. The predicted octanol–water partition coefficient (Wildman–Crippen LogP) is -0.0870. The fraction of sp³-hybridized carbons (Fsp3) is 0.889. The van der Waals surface area contributed by atoms with Gasteiger partial charge in [-0.1, -0.05) is 20.8 Å². The molecule has 3 atom stereocenters. The number of carbonyl (C=O) groups is 2. The van der Waals surface area contributed by atoms with Crippen molar-refractivity contribution in [1.29, 1.82) is 0 Å². The van der Waals surface area contributed by atoms with Crippen LogP contribution >= 0.6 is 0 Å². The van der Waals surface area contributed by atoms with E-state index in [-0.39, 0.29) is 25.2 Å². The maximum absolute atomic E-state index is 12.8. The lowest BCUT2D eigenvalue weighted by atomic mass is 9.81. The summed E-state index contributed by atoms with van der Waals surface area (Å²) < 4.78 is 10.0. The summed E-state index contributed by atoms with van der Waals surface area (Å²) in [6.07, 6.45) is -1.78. The van der Waals surface area contributed by atoms with Crippen molar-refractivity contribution in [3.8, 4) is 0 Å². The second-order valence-electron chi connectivity index (χ2n) is 8.70. The van der Waals surface area contributed by atoms with Crippen molar-refractivity contribution in [3.63, 3.8) is 0 Å². The van der Waals surface area contributed by atoms with Crippen molar-refractivity contribution in [2.24, 2.45) is 5.41 Å². The van der Waals surface area contributed by atoms with Gasteiger partial charge in [-0.15, -0.1) is 0 Å². The van der Waals surface area contributed by atoms with Crippen LogP contribution in [0.15, 0.2) is 0 Å². The zero-order chi connectivity index (χ0) is 20.1. The minimum absolute atomic E-state index is 0.00468. The first-order valence-corrected chi connectivity index (χ1v) is 8.92. The van der Waals surface area contributed by atoms with E-state index in [4.69, 9.17) is 9.47 Å². The molecule has 0 radical (unpaired) electrons. The molecule has 26 heavy (non-hydrogen) atoms. The number of rotatable bonds is 8. The molecule has 0 aromatic carbocycles. The van der Waals surface area contributed by atoms with E-state index in [0.29, 0.717) is 13.0 Å². The van der Waals surface area contributed by atoms with Crippen molar-refractivity contribution in [2.75, 3.05) is 33.5 Å². The van der Waals surface area contributed by atoms with Gasteiger partial charge in [-0.2, -0.15) is 0 Å². The molecule has 1 saturated heterocycles. The molecule has 0 saturated carbocycles. The van der Waals surface area contributed by atoms with Crippen LogP contribution in [0.3, 0.4) is 0 Å². The lowest BCUT2D eigenvalue weighted by molar-refractivity contribution is -0.145. The molecule has 152 valence electrons. The first-order valence-electron chi connectivity index (χ1n) is 8.92. The van der Waals surface area contributed by atoms with Crippen LogP contribution in [0.1, 0.15) is 41.0 Å². The lowest BCUT2D eigenvalue weighted by Crippen LogP contribution is -2.56. The number of carbonyl (C=O) groups excluding carboxylic acids is 2. The van der Waals surface area contributed by atoms with Crippen LogP contribution in [0.2, 0.25) is 0 Å². The van der Waals surface area contributed by atoms with Crippen LogP contribution in [0.5, 0.6) is 0 Å². The third kappa shape index (κ3) is 6.83. The van der Waals surface area contributed by atoms with Gasteiger partial charge < -0.3 is 29.9 Å². The van der Waals surface area contributed by atoms with Crippen LogP contribution in [-0.4, -0.2) is 84.2 Å². The number of ether oxygens (including phenoxy) is 2. The topological polar surface area (TPSA) is 108 Å². The summed E-state index contributed by atoms with van der Waals surface area (Å²) in [4.78, 5) is 26.3. The molecule has 2 amide bonds. The lowest BCUT2D eigenvalue weighted by Gasteiger charge is -2.35. The van der Waals surface area contributed by atoms with E-state index in [1.54, 1.807) is 0 Å². The Bertz CT molecular complexity index is 489. The third-order valence-corrected chi connectivity index (χ3v) is 4.12. The molecule has 3 N–H and O–H groups in total. The Hall–Kier alpha value is -1.22. The molecule has 8 heteroatoms. The van der Waals surface area contributed by atoms with Gasteiger partial charge in [-0.05, 0) is 25.7 Å². The first kappa shape index (κ1) is 22.8. The van der Waals surface area contributed by atoms with Crippen molar-refractivity contribution in [1.82, 2.24) is 10.2 Å². The van der Waals surface area contributed by atoms with Crippen molar-refractivity contribution in [2.45, 2.75) is 64.8 Å². The molecule has 8 nitrogen and oxygen atoms in total. The molecule has 1 fully saturated rings. The molecule has 0 aromatic heterocycles. The number of amides is 2. The van der Waals surface area contributed by atoms with Gasteiger partial charge in [-0.25, -0.2) is 0 Å². The Labute approximate surface area is 155 Å². The average molecular weight is 374 g/mol. The van der Waals surface area contributed by atoms with Crippen LogP contribution in [0.4, 0.5) is 0 Å². The Balaban J connectivity index is 2.78. The number of aliphatic hydroxyl groups is 2. The second kappa shape index (κ2) is 9.12. The molecular formula is C18H34N2O6. The quantitative estimate of drug-likeness (QED) is 0.513. The predicted molar refractivity (Wildman–Crippen MR) is 96.5 cm³/mol. The van der Waals surface area contributed by atoms with Crippen LogP contribution < -0.4 is 5.32 Å². The fourth-order valence-corrected chi connectivity index (χ4v) is 3.53. The van der Waals surface area contributed by atoms with Gasteiger partial charge in [0.05, 0.1) is 25.9 Å². The van der Waals surface area contributed by atoms with Gasteiger partial charge in [0.15, 0.2) is 0 Å². The molecule has 1 unspecified atom stereocenters. The average Bonchev–Trinajstić information content (AvgIpc) is 2.76. The van der Waals surface area contributed by atoms with Gasteiger partial charge in [-0.3, -0.25) is 9.59 Å². The SMILES string of the molecule is COCCOCC(=O)N1C[C@H](O)[C@@H](O)C1C(=O)NC(C)(C)CC(C)(C)C. The number of methoxy groups -OCH3 is 1. The van der Waals surface area contributed by atoms with E-state index in [0.717, 1.165) is 0 Å². The number of nitrogens with one attached hydrogen (secondary N) is 1. The van der Waals surface area contributed by atoms with E-state index in [2.05, 4.69) is 26.1 Å². The monoisotopic (exact) mass is 374 g/mol. The highest BCUT2D eigenvalue weighted by molar-refractivity contribution is 5.90. The molecule has 0 bridgehead atoms. The summed E-state index contributed by atoms with van der Waals surface area (Å²) in [7, 11) is 1.53. The largest absolute Gasteiger partial charge is 0.388 e. The van der Waals surface area contributed by atoms with Crippen molar-refractivity contribution in [3.05, 3.63) is 0 Å². The summed E-state index contributed by atoms with van der Waals surface area (Å²) in [5, 5.41) is 23.1. The Kier molecular flexibility index (Phi) is 8.01. The molecule has 0 spiro atoms. The van der Waals surface area contributed by atoms with Gasteiger partial charge in [0.2, 0.25) is 11.8 Å². The molecule has 1 aliphatic rings. The van der Waals surface area contributed by atoms with Gasteiger partial charge in [0, 0.05) is 12.6 Å². The maximum atomic E-state index is 12.8. The number of nitrogens with zero attached hydrogens (tertiary/aromatic N) is 1. The minimum atomic E-state index is -1.33. The number of likely N-dealkylation sites (tertiary alicyclic amines) is 1. The van der Waals surface area contributed by atoms with E-state index in [1.165, 1.54) is 12.0 Å². The number of aliphatic hydroxyl groups excluding tert-OH is 2. The summed E-state index contributed by atoms with van der Waals surface area (Å²) >= 11 is 0. The van der Waals surface area contributed by atoms with Crippen LogP contribution in [0.25, 0.3) is 0 Å². The zero-order valence-corrected chi connectivity index (χ0v) is 16.7. The second-order valence-corrected chi connectivity index (χ2v) is 8.70. The molecule has 1 rings (SSSR count). The normalized spacial score (nSPS) is 24.0. The smallest absolute Gasteiger partial charge is 0.249 e. The first-order chi connectivity index (χ1) is 11.9. The Morgan fingerprint density at radius 3 is 2.31 bits per heavy atom. The van der Waals surface area contributed by atoms with E-state index in [9.17, 15) is 19.8 Å². The molecule has 0 aromatic rings. The van der Waals surface area contributed by atoms with Crippen LogP contribution in [-0.2, 0) is 19.1 Å². The van der Waals surface area contributed by atoms with Gasteiger partial charge in [0.1, 0.15) is 18.8 Å². The minimum Gasteiger partial charge on any atom is -0.388 e. The Morgan fingerprint density at radius 2 is 1.77 bits per heavy atom. The van der Waals surface area contributed by atoms with Gasteiger partial charge in [0.25, 0.3) is 0 Å². The highest BCUT2D eigenvalue weighted by Gasteiger charge is 2.47. The summed E-state index contributed by atoms with van der Waals surface area (Å²) in [6, 6.07) is -1.14. The van der Waals surface area contributed by atoms with E-state index in [1.807, 2.05) is 13.8 Å². The number of hydrogen-bond acceptors (Lipinski definition) is 6. The van der Waals surface area contributed by atoms with E-state index >= 15 is 0 Å². The van der Waals surface area contributed by atoms with Crippen molar-refractivity contribution >= 4 is 11.8 Å². The van der Waals surface area contributed by atoms with E-state index < -0.39 is 35.6 Å². The fourth-order valence-electron chi connectivity index (χ4n) is 3.53. The Morgan fingerprint density at radius 1 is 1.15 bits per heavy atom. The molecule has 1 aliphatic heterocycles.